The van der Waals surface area contributed by atoms with Gasteiger partial charge in [-0.25, -0.2) is 4.39 Å². The van der Waals surface area contributed by atoms with Gasteiger partial charge in [-0.05, 0) is 30.5 Å². The molecule has 1 aromatic carbocycles. The maximum absolute atomic E-state index is 13.1. The molecule has 118 valence electrons. The van der Waals surface area contributed by atoms with Gasteiger partial charge in [0.05, 0.1) is 11.5 Å². The van der Waals surface area contributed by atoms with Crippen LogP contribution in [0.4, 0.5) is 23.2 Å². The highest BCUT2D eigenvalue weighted by molar-refractivity contribution is 5.92. The van der Waals surface area contributed by atoms with Crippen molar-refractivity contribution in [3.05, 3.63) is 29.6 Å². The van der Waals surface area contributed by atoms with E-state index in [1.165, 1.54) is 0 Å². The summed E-state index contributed by atoms with van der Waals surface area (Å²) in [5.41, 5.74) is 3.99. The molecular formula is C14H18F4N2O. The van der Waals surface area contributed by atoms with E-state index < -0.39 is 29.4 Å². The Hall–Kier alpha value is -1.63. The minimum Gasteiger partial charge on any atom is -0.330 e. The largest absolute Gasteiger partial charge is 0.419 e. The van der Waals surface area contributed by atoms with Gasteiger partial charge in [-0.2, -0.15) is 13.2 Å². The maximum Gasteiger partial charge on any atom is 0.419 e. The van der Waals surface area contributed by atoms with Crippen molar-refractivity contribution < 1.29 is 22.4 Å². The van der Waals surface area contributed by atoms with Crippen LogP contribution in [0.2, 0.25) is 0 Å². The van der Waals surface area contributed by atoms with Crippen LogP contribution in [-0.2, 0) is 11.0 Å². The Morgan fingerprint density at radius 2 is 1.95 bits per heavy atom. The summed E-state index contributed by atoms with van der Waals surface area (Å²) in [6, 6.07) is 2.35. The Labute approximate surface area is 120 Å². The van der Waals surface area contributed by atoms with E-state index in [9.17, 15) is 22.4 Å². The fraction of sp³-hybridized carbons (Fsp3) is 0.500. The first-order valence-electron chi connectivity index (χ1n) is 6.52. The molecule has 3 N–H and O–H groups in total. The van der Waals surface area contributed by atoms with E-state index in [1.54, 1.807) is 0 Å². The molecule has 1 atom stereocenters. The molecule has 0 radical (unpaired) electrons. The van der Waals surface area contributed by atoms with Crippen LogP contribution in [-0.4, -0.2) is 12.5 Å². The molecule has 3 nitrogen and oxygen atoms in total. The zero-order valence-corrected chi connectivity index (χ0v) is 11.8. The van der Waals surface area contributed by atoms with E-state index in [-0.39, 0.29) is 18.2 Å². The van der Waals surface area contributed by atoms with Crippen LogP contribution in [0.1, 0.15) is 25.8 Å². The Kier molecular flexibility index (Phi) is 5.71. The molecule has 1 rings (SSSR count). The third kappa shape index (κ3) is 5.00. The van der Waals surface area contributed by atoms with Crippen LogP contribution in [0.5, 0.6) is 0 Å². The number of nitrogens with one attached hydrogen (secondary N) is 1. The van der Waals surface area contributed by atoms with E-state index in [1.807, 2.05) is 13.8 Å². The lowest BCUT2D eigenvalue weighted by Crippen LogP contribution is -2.30. The van der Waals surface area contributed by atoms with E-state index in [4.69, 9.17) is 5.73 Å². The summed E-state index contributed by atoms with van der Waals surface area (Å²) >= 11 is 0. The number of hydrogen-bond donors (Lipinski definition) is 2. The van der Waals surface area contributed by atoms with Crippen LogP contribution in [0, 0.1) is 17.7 Å². The molecule has 0 aliphatic rings. The lowest BCUT2D eigenvalue weighted by molar-refractivity contribution is -0.140. The first kappa shape index (κ1) is 17.4. The SMILES string of the molecule is CC(C)CC(CN)C(=O)Nc1ccc(F)c(C(F)(F)F)c1. The normalized spacial score (nSPS) is 13.3. The molecule has 7 heteroatoms. The van der Waals surface area contributed by atoms with Crippen molar-refractivity contribution in [3.8, 4) is 0 Å². The fourth-order valence-corrected chi connectivity index (χ4v) is 1.94. The van der Waals surface area contributed by atoms with Gasteiger partial charge in [0.15, 0.2) is 0 Å². The summed E-state index contributed by atoms with van der Waals surface area (Å²) < 4.78 is 50.9. The zero-order valence-electron chi connectivity index (χ0n) is 11.8. The highest BCUT2D eigenvalue weighted by Gasteiger charge is 2.34. The fourth-order valence-electron chi connectivity index (χ4n) is 1.94. The molecule has 0 heterocycles. The number of carbonyl (C=O) groups is 1. The number of carbonyl (C=O) groups excluding carboxylic acids is 1. The second kappa shape index (κ2) is 6.89. The van der Waals surface area contributed by atoms with Crippen molar-refractivity contribution in [2.45, 2.75) is 26.4 Å². The molecule has 21 heavy (non-hydrogen) atoms. The molecule has 0 spiro atoms. The lowest BCUT2D eigenvalue weighted by Gasteiger charge is -2.17. The van der Waals surface area contributed by atoms with E-state index in [0.29, 0.717) is 18.6 Å². The van der Waals surface area contributed by atoms with Gasteiger partial charge in [0.1, 0.15) is 5.82 Å². The van der Waals surface area contributed by atoms with Crippen molar-refractivity contribution in [2.24, 2.45) is 17.6 Å². The molecule has 1 aromatic rings. The predicted octanol–water partition coefficient (Wildman–Crippen LogP) is 3.40. The molecule has 0 aliphatic heterocycles. The lowest BCUT2D eigenvalue weighted by atomic mass is 9.96. The summed E-state index contributed by atoms with van der Waals surface area (Å²) in [5.74, 6) is -2.11. The van der Waals surface area contributed by atoms with Crippen molar-refractivity contribution in [2.75, 3.05) is 11.9 Å². The van der Waals surface area contributed by atoms with Crippen molar-refractivity contribution in [1.82, 2.24) is 0 Å². The van der Waals surface area contributed by atoms with Crippen molar-refractivity contribution in [1.29, 1.82) is 0 Å². The molecule has 0 aromatic heterocycles. The van der Waals surface area contributed by atoms with Gasteiger partial charge < -0.3 is 11.1 Å². The van der Waals surface area contributed by atoms with Crippen LogP contribution < -0.4 is 11.1 Å². The Balaban J connectivity index is 2.90. The third-order valence-electron chi connectivity index (χ3n) is 2.95. The second-order valence-electron chi connectivity index (χ2n) is 5.24. The number of nitrogens with two attached hydrogens (primary N) is 1. The Bertz CT molecular complexity index is 500. The van der Waals surface area contributed by atoms with Crippen LogP contribution in [0.25, 0.3) is 0 Å². The van der Waals surface area contributed by atoms with E-state index in [0.717, 1.165) is 6.07 Å². The summed E-state index contributed by atoms with van der Waals surface area (Å²) in [6.07, 6.45) is -4.29. The number of amides is 1. The smallest absolute Gasteiger partial charge is 0.330 e. The molecule has 1 unspecified atom stereocenters. The van der Waals surface area contributed by atoms with Crippen LogP contribution >= 0.6 is 0 Å². The van der Waals surface area contributed by atoms with Gasteiger partial charge in [-0.15, -0.1) is 0 Å². The molecule has 0 aliphatic carbocycles. The number of hydrogen-bond acceptors (Lipinski definition) is 2. The first-order chi connectivity index (χ1) is 9.65. The highest BCUT2D eigenvalue weighted by atomic mass is 19.4. The Morgan fingerprint density at radius 3 is 2.43 bits per heavy atom. The van der Waals surface area contributed by atoms with Crippen molar-refractivity contribution >= 4 is 11.6 Å². The van der Waals surface area contributed by atoms with E-state index in [2.05, 4.69) is 5.32 Å². The zero-order chi connectivity index (χ0) is 16.2. The van der Waals surface area contributed by atoms with Crippen molar-refractivity contribution in [3.63, 3.8) is 0 Å². The van der Waals surface area contributed by atoms with Gasteiger partial charge in [0.25, 0.3) is 0 Å². The summed E-state index contributed by atoms with van der Waals surface area (Å²) in [4.78, 5) is 12.0. The second-order valence-corrected chi connectivity index (χ2v) is 5.24. The molecule has 1 amide bonds. The van der Waals surface area contributed by atoms with Crippen LogP contribution in [0.3, 0.4) is 0 Å². The minimum atomic E-state index is -4.81. The number of alkyl halides is 3. The topological polar surface area (TPSA) is 55.1 Å². The number of rotatable bonds is 5. The molecule has 0 saturated heterocycles. The van der Waals surface area contributed by atoms with Gasteiger partial charge >= 0.3 is 6.18 Å². The Morgan fingerprint density at radius 1 is 1.33 bits per heavy atom. The van der Waals surface area contributed by atoms with Gasteiger partial charge in [-0.1, -0.05) is 13.8 Å². The average molecular weight is 306 g/mol. The molecule has 0 bridgehead atoms. The third-order valence-corrected chi connectivity index (χ3v) is 2.95. The summed E-state index contributed by atoms with van der Waals surface area (Å²) in [5, 5.41) is 2.35. The standard InChI is InChI=1S/C14H18F4N2O/c1-8(2)5-9(7-19)13(21)20-10-3-4-12(15)11(6-10)14(16,17)18/h3-4,6,8-9H,5,7,19H2,1-2H3,(H,20,21). The summed E-state index contributed by atoms with van der Waals surface area (Å²) in [7, 11) is 0. The molecule has 0 saturated carbocycles. The van der Waals surface area contributed by atoms with Gasteiger partial charge in [0, 0.05) is 12.2 Å². The first-order valence-corrected chi connectivity index (χ1v) is 6.52. The maximum atomic E-state index is 13.1. The number of benzene rings is 1. The number of anilines is 1. The highest BCUT2D eigenvalue weighted by Crippen LogP contribution is 2.33. The summed E-state index contributed by atoms with van der Waals surface area (Å²) in [6.45, 7) is 3.92. The molecule has 0 fully saturated rings. The monoisotopic (exact) mass is 306 g/mol. The number of halogens is 4. The molecular weight excluding hydrogens is 288 g/mol. The van der Waals surface area contributed by atoms with Gasteiger partial charge in [-0.3, -0.25) is 4.79 Å². The average Bonchev–Trinajstić information content (AvgIpc) is 2.36. The quantitative estimate of drug-likeness (QED) is 0.819. The van der Waals surface area contributed by atoms with E-state index >= 15 is 0 Å². The van der Waals surface area contributed by atoms with Crippen LogP contribution in [0.15, 0.2) is 18.2 Å². The minimum absolute atomic E-state index is 0.0946. The predicted molar refractivity (Wildman–Crippen MR) is 72.0 cm³/mol. The van der Waals surface area contributed by atoms with Gasteiger partial charge in [0.2, 0.25) is 5.91 Å².